The molecule has 0 aromatic heterocycles. The molecule has 0 saturated heterocycles. The minimum Gasteiger partial charge on any atom is -0.491 e. The van der Waals surface area contributed by atoms with Gasteiger partial charge in [-0.2, -0.15) is 0 Å². The zero-order chi connectivity index (χ0) is 12.8. The molecule has 0 spiro atoms. The number of alkyl halides is 1. The van der Waals surface area contributed by atoms with E-state index in [1.54, 1.807) is 0 Å². The van der Waals surface area contributed by atoms with Crippen LogP contribution in [0.1, 0.15) is 25.0 Å². The van der Waals surface area contributed by atoms with Crippen molar-refractivity contribution in [3.63, 3.8) is 0 Å². The molecular formula is C13H18Br2O2. The number of benzene rings is 1. The lowest BCUT2D eigenvalue weighted by atomic mass is 10.1. The van der Waals surface area contributed by atoms with Gasteiger partial charge in [-0.3, -0.25) is 0 Å². The lowest BCUT2D eigenvalue weighted by Gasteiger charge is -2.14. The number of ether oxygens (including phenoxy) is 2. The van der Waals surface area contributed by atoms with Crippen LogP contribution in [0, 0.1) is 6.92 Å². The van der Waals surface area contributed by atoms with E-state index in [-0.39, 0.29) is 6.10 Å². The second kappa shape index (κ2) is 7.39. The number of rotatable bonds is 6. The van der Waals surface area contributed by atoms with Crippen LogP contribution in [-0.4, -0.2) is 19.3 Å². The van der Waals surface area contributed by atoms with E-state index in [1.807, 2.05) is 13.8 Å². The van der Waals surface area contributed by atoms with Gasteiger partial charge in [0.05, 0.1) is 12.7 Å². The summed E-state index contributed by atoms with van der Waals surface area (Å²) in [5, 5.41) is 0.785. The topological polar surface area (TPSA) is 18.5 Å². The van der Waals surface area contributed by atoms with Gasteiger partial charge in [-0.05, 0) is 38.5 Å². The second-order valence-electron chi connectivity index (χ2n) is 4.11. The average molecular weight is 366 g/mol. The van der Waals surface area contributed by atoms with E-state index in [2.05, 4.69) is 50.9 Å². The molecule has 0 aliphatic carbocycles. The van der Waals surface area contributed by atoms with Crippen LogP contribution in [0.5, 0.6) is 5.75 Å². The zero-order valence-electron chi connectivity index (χ0n) is 10.4. The van der Waals surface area contributed by atoms with Crippen molar-refractivity contribution in [2.75, 3.05) is 13.2 Å². The lowest BCUT2D eigenvalue weighted by molar-refractivity contribution is 0.0550. The summed E-state index contributed by atoms with van der Waals surface area (Å²) in [6, 6.07) is 4.13. The van der Waals surface area contributed by atoms with E-state index in [1.165, 1.54) is 0 Å². The molecule has 0 N–H and O–H groups in total. The highest BCUT2D eigenvalue weighted by Crippen LogP contribution is 2.29. The first-order valence-corrected chi connectivity index (χ1v) is 7.55. The third-order valence-electron chi connectivity index (χ3n) is 2.24. The zero-order valence-corrected chi connectivity index (χ0v) is 13.6. The van der Waals surface area contributed by atoms with Gasteiger partial charge in [0.25, 0.3) is 0 Å². The highest BCUT2D eigenvalue weighted by Gasteiger charge is 2.08. The van der Waals surface area contributed by atoms with Gasteiger partial charge < -0.3 is 9.47 Å². The largest absolute Gasteiger partial charge is 0.491 e. The third kappa shape index (κ3) is 4.98. The predicted octanol–water partition coefficient (Wildman–Crippen LogP) is 4.46. The van der Waals surface area contributed by atoms with Gasteiger partial charge in [0.2, 0.25) is 0 Å². The molecule has 0 fully saturated rings. The number of aryl methyl sites for hydroxylation is 1. The van der Waals surface area contributed by atoms with E-state index in [9.17, 15) is 0 Å². The fraction of sp³-hybridized carbons (Fsp3) is 0.538. The summed E-state index contributed by atoms with van der Waals surface area (Å²) in [7, 11) is 0. The Morgan fingerprint density at radius 1 is 1.24 bits per heavy atom. The SMILES string of the molecule is Cc1cc(Br)cc(CBr)c1OCCOC(C)C. The Labute approximate surface area is 120 Å². The Morgan fingerprint density at radius 3 is 2.53 bits per heavy atom. The molecule has 0 aliphatic heterocycles. The van der Waals surface area contributed by atoms with Gasteiger partial charge >= 0.3 is 0 Å². The quantitative estimate of drug-likeness (QED) is 0.547. The van der Waals surface area contributed by atoms with E-state index in [4.69, 9.17) is 9.47 Å². The van der Waals surface area contributed by atoms with Crippen LogP contribution in [0.3, 0.4) is 0 Å². The first-order valence-electron chi connectivity index (χ1n) is 5.64. The monoisotopic (exact) mass is 364 g/mol. The molecule has 2 nitrogen and oxygen atoms in total. The molecule has 0 radical (unpaired) electrons. The Balaban J connectivity index is 2.63. The molecule has 1 rings (SSSR count). The second-order valence-corrected chi connectivity index (χ2v) is 5.59. The maximum absolute atomic E-state index is 5.79. The molecule has 0 unspecified atom stereocenters. The molecule has 96 valence electrons. The van der Waals surface area contributed by atoms with Gasteiger partial charge in [-0.15, -0.1) is 0 Å². The molecule has 0 aliphatic rings. The minimum absolute atomic E-state index is 0.250. The lowest BCUT2D eigenvalue weighted by Crippen LogP contribution is -2.12. The summed E-state index contributed by atoms with van der Waals surface area (Å²) in [4.78, 5) is 0. The Morgan fingerprint density at radius 2 is 1.94 bits per heavy atom. The van der Waals surface area contributed by atoms with Crippen LogP contribution in [0.15, 0.2) is 16.6 Å². The Hall–Kier alpha value is -0.0600. The fourth-order valence-corrected chi connectivity index (χ4v) is 2.57. The van der Waals surface area contributed by atoms with Crippen molar-refractivity contribution in [2.24, 2.45) is 0 Å². The van der Waals surface area contributed by atoms with E-state index in [0.29, 0.717) is 13.2 Å². The summed E-state index contributed by atoms with van der Waals surface area (Å²) >= 11 is 6.96. The van der Waals surface area contributed by atoms with Crippen molar-refractivity contribution in [2.45, 2.75) is 32.2 Å². The highest BCUT2D eigenvalue weighted by molar-refractivity contribution is 9.10. The summed E-state index contributed by atoms with van der Waals surface area (Å²) in [6.07, 6.45) is 0.250. The molecule has 0 atom stereocenters. The highest BCUT2D eigenvalue weighted by atomic mass is 79.9. The van der Waals surface area contributed by atoms with Crippen LogP contribution in [-0.2, 0) is 10.1 Å². The first kappa shape index (κ1) is 15.0. The molecule has 0 heterocycles. The maximum Gasteiger partial charge on any atom is 0.126 e. The third-order valence-corrected chi connectivity index (χ3v) is 3.30. The predicted molar refractivity (Wildman–Crippen MR) is 78.1 cm³/mol. The van der Waals surface area contributed by atoms with Gasteiger partial charge in [0, 0.05) is 15.4 Å². The molecule has 4 heteroatoms. The first-order chi connectivity index (χ1) is 8.04. The Kier molecular flexibility index (Phi) is 6.52. The van der Waals surface area contributed by atoms with Crippen LogP contribution in [0.2, 0.25) is 0 Å². The van der Waals surface area contributed by atoms with Crippen molar-refractivity contribution < 1.29 is 9.47 Å². The van der Waals surface area contributed by atoms with Crippen LogP contribution >= 0.6 is 31.9 Å². The van der Waals surface area contributed by atoms with Crippen LogP contribution in [0.4, 0.5) is 0 Å². The maximum atomic E-state index is 5.79. The number of halogens is 2. The normalized spacial score (nSPS) is 10.9. The van der Waals surface area contributed by atoms with Crippen molar-refractivity contribution in [1.82, 2.24) is 0 Å². The van der Waals surface area contributed by atoms with Crippen molar-refractivity contribution >= 4 is 31.9 Å². The minimum atomic E-state index is 0.250. The van der Waals surface area contributed by atoms with Crippen LogP contribution in [0.25, 0.3) is 0 Å². The molecule has 0 saturated carbocycles. The van der Waals surface area contributed by atoms with Gasteiger partial charge in [-0.1, -0.05) is 31.9 Å². The Bertz CT molecular complexity index is 365. The summed E-state index contributed by atoms with van der Waals surface area (Å²) in [6.45, 7) is 7.30. The molecular weight excluding hydrogens is 348 g/mol. The van der Waals surface area contributed by atoms with E-state index >= 15 is 0 Å². The summed E-state index contributed by atoms with van der Waals surface area (Å²) in [5.41, 5.74) is 2.29. The standard InChI is InChI=1S/C13H18Br2O2/c1-9(2)16-4-5-17-13-10(3)6-12(15)7-11(13)8-14/h6-7,9H,4-5,8H2,1-3H3. The molecule has 1 aromatic carbocycles. The smallest absolute Gasteiger partial charge is 0.126 e. The molecule has 0 bridgehead atoms. The van der Waals surface area contributed by atoms with Crippen molar-refractivity contribution in [3.05, 3.63) is 27.7 Å². The van der Waals surface area contributed by atoms with Gasteiger partial charge in [0.15, 0.2) is 0 Å². The van der Waals surface area contributed by atoms with Gasteiger partial charge in [-0.25, -0.2) is 0 Å². The molecule has 17 heavy (non-hydrogen) atoms. The van der Waals surface area contributed by atoms with Gasteiger partial charge in [0.1, 0.15) is 12.4 Å². The summed E-state index contributed by atoms with van der Waals surface area (Å²) < 4.78 is 12.3. The number of hydrogen-bond donors (Lipinski definition) is 0. The van der Waals surface area contributed by atoms with E-state index < -0.39 is 0 Å². The fourth-order valence-electron chi connectivity index (χ4n) is 1.53. The van der Waals surface area contributed by atoms with Crippen LogP contribution < -0.4 is 4.74 Å². The summed E-state index contributed by atoms with van der Waals surface area (Å²) in [5.74, 6) is 0.956. The molecule has 1 aromatic rings. The van der Waals surface area contributed by atoms with Crippen molar-refractivity contribution in [3.8, 4) is 5.75 Å². The average Bonchev–Trinajstić information content (AvgIpc) is 2.25. The van der Waals surface area contributed by atoms with E-state index in [0.717, 1.165) is 26.7 Å². The van der Waals surface area contributed by atoms with Crippen molar-refractivity contribution in [1.29, 1.82) is 0 Å². The molecule has 0 amide bonds. The number of hydrogen-bond acceptors (Lipinski definition) is 2.